The Labute approximate surface area is 52.6 Å². The quantitative estimate of drug-likeness (QED) is 0.471. The third-order valence-corrected chi connectivity index (χ3v) is 0.928. The first-order valence-corrected chi connectivity index (χ1v) is 2.19. The van der Waals surface area contributed by atoms with Gasteiger partial charge in [-0.25, -0.2) is 13.2 Å². The summed E-state index contributed by atoms with van der Waals surface area (Å²) >= 11 is 0. The summed E-state index contributed by atoms with van der Waals surface area (Å²) in [5, 5.41) is 0. The van der Waals surface area contributed by atoms with E-state index in [1.807, 2.05) is 0 Å². The molecule has 0 N–H and O–H groups in total. The molecule has 1 rings (SSSR count). The molecular weight excluding hydrogens is 155 g/mol. The first-order chi connectivity index (χ1) is 4.45. The van der Waals surface area contributed by atoms with Crippen molar-refractivity contribution in [2.75, 3.05) is 0 Å². The molecule has 0 saturated carbocycles. The molecule has 1 aliphatic rings. The normalized spacial score (nSPS) is 23.5. The topological polar surface area (TPSA) is 0 Å². The van der Waals surface area contributed by atoms with E-state index in [1.54, 1.807) is 0 Å². The summed E-state index contributed by atoms with van der Waals surface area (Å²) in [6.07, 6.45) is 0.685. The van der Waals surface area contributed by atoms with E-state index in [0.29, 0.717) is 6.08 Å². The van der Waals surface area contributed by atoms with Crippen LogP contribution in [0.5, 0.6) is 0 Å². The third kappa shape index (κ3) is 0.815. The zero-order chi connectivity index (χ0) is 7.94. The highest BCUT2D eigenvalue weighted by Gasteiger charge is 2.44. The van der Waals surface area contributed by atoms with Gasteiger partial charge in [-0.2, -0.15) is 8.78 Å². The van der Waals surface area contributed by atoms with Crippen molar-refractivity contribution in [3.63, 3.8) is 0 Å². The summed E-state index contributed by atoms with van der Waals surface area (Å²) in [6, 6.07) is 0. The highest BCUT2D eigenvalue weighted by Crippen LogP contribution is 2.39. The number of hydrogen-bond donors (Lipinski definition) is 0. The lowest BCUT2D eigenvalue weighted by Gasteiger charge is -2.00. The van der Waals surface area contributed by atoms with Crippen LogP contribution in [0, 0.1) is 6.08 Å². The van der Waals surface area contributed by atoms with Crippen LogP contribution in [0.15, 0.2) is 17.5 Å². The van der Waals surface area contributed by atoms with E-state index in [1.165, 1.54) is 0 Å². The van der Waals surface area contributed by atoms with E-state index in [2.05, 4.69) is 0 Å². The largest absolute Gasteiger partial charge is 0.330 e. The second kappa shape index (κ2) is 1.81. The Kier molecular flexibility index (Phi) is 1.31. The van der Waals surface area contributed by atoms with Gasteiger partial charge in [-0.1, -0.05) is 0 Å². The maximum absolute atomic E-state index is 11.8. The fraction of sp³-hybridized carbons (Fsp3) is 0.200. The molecule has 0 unspecified atom stereocenters. The van der Waals surface area contributed by atoms with Gasteiger partial charge in [0.25, 0.3) is 0 Å². The Morgan fingerprint density at radius 2 is 1.60 bits per heavy atom. The van der Waals surface area contributed by atoms with Crippen LogP contribution in [0.2, 0.25) is 0 Å². The molecule has 1 radical (unpaired) electrons. The van der Waals surface area contributed by atoms with Crippen molar-refractivity contribution in [1.82, 2.24) is 0 Å². The molecule has 0 aromatic heterocycles. The molecule has 55 valence electrons. The van der Waals surface area contributed by atoms with Crippen LogP contribution in [0.3, 0.4) is 0 Å². The van der Waals surface area contributed by atoms with Crippen LogP contribution in [0.25, 0.3) is 0 Å². The van der Waals surface area contributed by atoms with E-state index in [0.717, 1.165) is 0 Å². The van der Waals surface area contributed by atoms with E-state index in [-0.39, 0.29) is 0 Å². The third-order valence-electron chi connectivity index (χ3n) is 0.928. The Morgan fingerprint density at radius 1 is 1.10 bits per heavy atom. The smallest absolute Gasteiger partial charge is 0.203 e. The molecule has 0 aliphatic heterocycles. The first-order valence-electron chi connectivity index (χ1n) is 2.19. The van der Waals surface area contributed by atoms with Gasteiger partial charge in [0, 0.05) is 0 Å². The lowest BCUT2D eigenvalue weighted by atomic mass is 10.4. The predicted octanol–water partition coefficient (Wildman–Crippen LogP) is 2.44. The van der Waals surface area contributed by atoms with Crippen molar-refractivity contribution in [3.8, 4) is 0 Å². The van der Waals surface area contributed by atoms with Gasteiger partial charge in [0.15, 0.2) is 11.7 Å². The number of hydrogen-bond acceptors (Lipinski definition) is 0. The molecule has 0 saturated heterocycles. The number of rotatable bonds is 0. The van der Waals surface area contributed by atoms with Gasteiger partial charge in [0.1, 0.15) is 0 Å². The molecule has 0 bridgehead atoms. The van der Waals surface area contributed by atoms with Crippen molar-refractivity contribution in [2.45, 2.75) is 5.92 Å². The molecule has 5 heteroatoms. The van der Waals surface area contributed by atoms with Crippen LogP contribution < -0.4 is 0 Å². The lowest BCUT2D eigenvalue weighted by Crippen LogP contribution is -2.10. The van der Waals surface area contributed by atoms with Crippen molar-refractivity contribution in [2.24, 2.45) is 0 Å². The standard InChI is InChI=1S/C5F5/c6-2-1-5(9,10)4(8)3(2)7. The maximum Gasteiger partial charge on any atom is 0.330 e. The van der Waals surface area contributed by atoms with E-state index in [4.69, 9.17) is 0 Å². The van der Waals surface area contributed by atoms with Gasteiger partial charge in [-0.05, 0) is 0 Å². The summed E-state index contributed by atoms with van der Waals surface area (Å²) in [4.78, 5) is 0. The van der Waals surface area contributed by atoms with Gasteiger partial charge in [0.05, 0.1) is 6.08 Å². The van der Waals surface area contributed by atoms with Gasteiger partial charge >= 0.3 is 5.92 Å². The van der Waals surface area contributed by atoms with Crippen molar-refractivity contribution in [3.05, 3.63) is 23.6 Å². The molecule has 0 spiro atoms. The Hall–Kier alpha value is -0.870. The maximum atomic E-state index is 11.8. The highest BCUT2D eigenvalue weighted by atomic mass is 19.3. The van der Waals surface area contributed by atoms with E-state index in [9.17, 15) is 22.0 Å². The summed E-state index contributed by atoms with van der Waals surface area (Å²) in [5.41, 5.74) is 0. The van der Waals surface area contributed by atoms with Crippen molar-refractivity contribution in [1.29, 1.82) is 0 Å². The summed E-state index contributed by atoms with van der Waals surface area (Å²) in [7, 11) is 0. The molecule has 0 fully saturated rings. The second-order valence-corrected chi connectivity index (χ2v) is 1.64. The molecule has 0 aromatic carbocycles. The molecular formula is C5F5. The number of allylic oxidation sites excluding steroid dienone is 4. The van der Waals surface area contributed by atoms with Gasteiger partial charge in [0.2, 0.25) is 5.83 Å². The van der Waals surface area contributed by atoms with E-state index >= 15 is 0 Å². The predicted molar refractivity (Wildman–Crippen MR) is 22.1 cm³/mol. The molecule has 0 aromatic rings. The average Bonchev–Trinajstić information content (AvgIpc) is 1.95. The molecule has 1 aliphatic carbocycles. The Morgan fingerprint density at radius 3 is 1.70 bits per heavy atom. The summed E-state index contributed by atoms with van der Waals surface area (Å²) in [5.74, 6) is -10.8. The minimum absolute atomic E-state index is 0.685. The monoisotopic (exact) mass is 155 g/mol. The summed E-state index contributed by atoms with van der Waals surface area (Å²) < 4.78 is 58.8. The second-order valence-electron chi connectivity index (χ2n) is 1.64. The van der Waals surface area contributed by atoms with Crippen LogP contribution in [0.1, 0.15) is 0 Å². The number of halogens is 5. The average molecular weight is 155 g/mol. The van der Waals surface area contributed by atoms with Crippen molar-refractivity contribution < 1.29 is 22.0 Å². The minimum atomic E-state index is -4.23. The fourth-order valence-electron chi connectivity index (χ4n) is 0.482. The molecule has 0 nitrogen and oxygen atoms in total. The fourth-order valence-corrected chi connectivity index (χ4v) is 0.482. The molecule has 10 heavy (non-hydrogen) atoms. The van der Waals surface area contributed by atoms with E-state index < -0.39 is 23.4 Å². The minimum Gasteiger partial charge on any atom is -0.203 e. The van der Waals surface area contributed by atoms with Crippen LogP contribution in [0.4, 0.5) is 22.0 Å². The van der Waals surface area contributed by atoms with Crippen LogP contribution in [-0.4, -0.2) is 5.92 Å². The Balaban J connectivity index is 3.12. The molecule has 0 amide bonds. The molecule has 0 atom stereocenters. The zero-order valence-corrected chi connectivity index (χ0v) is 4.39. The highest BCUT2D eigenvalue weighted by molar-refractivity contribution is 5.34. The van der Waals surface area contributed by atoms with Crippen LogP contribution >= 0.6 is 0 Å². The van der Waals surface area contributed by atoms with Gasteiger partial charge < -0.3 is 0 Å². The number of alkyl halides is 2. The molecule has 0 heterocycles. The lowest BCUT2D eigenvalue weighted by molar-refractivity contribution is 0.0637. The van der Waals surface area contributed by atoms with Crippen LogP contribution in [-0.2, 0) is 0 Å². The summed E-state index contributed by atoms with van der Waals surface area (Å²) in [6.45, 7) is 0. The van der Waals surface area contributed by atoms with Gasteiger partial charge in [-0.3, -0.25) is 0 Å². The SMILES string of the molecule is FC1=[C]C(F)(F)C(F)=C1F. The van der Waals surface area contributed by atoms with Crippen molar-refractivity contribution >= 4 is 0 Å². The zero-order valence-electron chi connectivity index (χ0n) is 4.39. The Bertz CT molecular complexity index is 224. The van der Waals surface area contributed by atoms with Gasteiger partial charge in [-0.15, -0.1) is 0 Å². The first kappa shape index (κ1) is 7.24.